The van der Waals surface area contributed by atoms with Gasteiger partial charge in [-0.25, -0.2) is 4.68 Å². The first kappa shape index (κ1) is 16.4. The molecule has 0 aliphatic heterocycles. The molecule has 132 valence electrons. The van der Waals surface area contributed by atoms with E-state index in [-0.39, 0.29) is 18.5 Å². The molecule has 1 aliphatic rings. The van der Waals surface area contributed by atoms with Gasteiger partial charge in [-0.2, -0.15) is 0 Å². The molecule has 4 rings (SSSR count). The molecule has 2 heterocycles. The molecule has 26 heavy (non-hydrogen) atoms. The molecular formula is C20H21N5O. The molecule has 1 fully saturated rings. The standard InChI is InChI=1S/C20H21N5O/c1-15(17-8-5-11-21-12-17)25(18-9-10-18)20(26)14-24-13-19(22-23-24)16-6-3-2-4-7-16/h2-8,11-13,15,18H,9-10,14H2,1H3/t15-/m0/s1. The molecule has 1 saturated carbocycles. The fourth-order valence-electron chi connectivity index (χ4n) is 3.21. The first-order chi connectivity index (χ1) is 12.7. The summed E-state index contributed by atoms with van der Waals surface area (Å²) in [4.78, 5) is 19.1. The van der Waals surface area contributed by atoms with Crippen LogP contribution in [0.15, 0.2) is 61.1 Å². The Balaban J connectivity index is 1.50. The van der Waals surface area contributed by atoms with Gasteiger partial charge in [0.05, 0.1) is 12.2 Å². The van der Waals surface area contributed by atoms with Crippen LogP contribution in [0.2, 0.25) is 0 Å². The zero-order chi connectivity index (χ0) is 17.9. The number of aromatic nitrogens is 4. The first-order valence-corrected chi connectivity index (χ1v) is 8.89. The van der Waals surface area contributed by atoms with Crippen molar-refractivity contribution in [2.75, 3.05) is 0 Å². The first-order valence-electron chi connectivity index (χ1n) is 8.89. The molecule has 6 heteroatoms. The lowest BCUT2D eigenvalue weighted by molar-refractivity contribution is -0.135. The average Bonchev–Trinajstić information content (AvgIpc) is 3.40. The van der Waals surface area contributed by atoms with Crippen LogP contribution >= 0.6 is 0 Å². The van der Waals surface area contributed by atoms with Gasteiger partial charge in [-0.15, -0.1) is 5.10 Å². The zero-order valence-electron chi connectivity index (χ0n) is 14.7. The molecule has 0 spiro atoms. The molecule has 1 aliphatic carbocycles. The van der Waals surface area contributed by atoms with Gasteiger partial charge in [-0.05, 0) is 31.4 Å². The minimum atomic E-state index is 0.000755. The molecule has 0 bridgehead atoms. The lowest BCUT2D eigenvalue weighted by Crippen LogP contribution is -2.38. The third kappa shape index (κ3) is 3.49. The van der Waals surface area contributed by atoms with Gasteiger partial charge in [0.15, 0.2) is 0 Å². The SMILES string of the molecule is C[C@@H](c1cccnc1)N(C(=O)Cn1cc(-c2ccccc2)nn1)C1CC1. The lowest BCUT2D eigenvalue weighted by atomic mass is 10.1. The van der Waals surface area contributed by atoms with E-state index in [0.29, 0.717) is 6.04 Å². The summed E-state index contributed by atoms with van der Waals surface area (Å²) in [6.07, 6.45) is 7.52. The third-order valence-corrected chi connectivity index (χ3v) is 4.72. The molecule has 1 aromatic carbocycles. The van der Waals surface area contributed by atoms with E-state index in [1.807, 2.05) is 59.8 Å². The molecule has 0 radical (unpaired) electrons. The average molecular weight is 347 g/mol. The van der Waals surface area contributed by atoms with Crippen LogP contribution in [0.25, 0.3) is 11.3 Å². The Bertz CT molecular complexity index is 873. The lowest BCUT2D eigenvalue weighted by Gasteiger charge is -2.29. The van der Waals surface area contributed by atoms with E-state index in [0.717, 1.165) is 29.7 Å². The van der Waals surface area contributed by atoms with Crippen LogP contribution in [-0.4, -0.2) is 36.8 Å². The van der Waals surface area contributed by atoms with E-state index in [4.69, 9.17) is 0 Å². The van der Waals surface area contributed by atoms with Crippen LogP contribution < -0.4 is 0 Å². The normalized spacial score (nSPS) is 14.8. The van der Waals surface area contributed by atoms with Crippen molar-refractivity contribution in [3.05, 3.63) is 66.6 Å². The fraction of sp³-hybridized carbons (Fsp3) is 0.300. The largest absolute Gasteiger partial charge is 0.331 e. The van der Waals surface area contributed by atoms with Crippen molar-refractivity contribution in [2.45, 2.75) is 38.4 Å². The van der Waals surface area contributed by atoms with Crippen LogP contribution in [0, 0.1) is 0 Å². The van der Waals surface area contributed by atoms with Gasteiger partial charge < -0.3 is 4.90 Å². The molecule has 3 aromatic rings. The van der Waals surface area contributed by atoms with E-state index in [2.05, 4.69) is 22.2 Å². The van der Waals surface area contributed by atoms with Crippen molar-refractivity contribution < 1.29 is 4.79 Å². The molecule has 0 unspecified atom stereocenters. The number of rotatable bonds is 6. The van der Waals surface area contributed by atoms with E-state index >= 15 is 0 Å². The van der Waals surface area contributed by atoms with Gasteiger partial charge >= 0.3 is 0 Å². The molecule has 0 N–H and O–H groups in total. The Morgan fingerprint density at radius 2 is 2.04 bits per heavy atom. The van der Waals surface area contributed by atoms with Crippen molar-refractivity contribution in [2.24, 2.45) is 0 Å². The van der Waals surface area contributed by atoms with Gasteiger partial charge in [0.2, 0.25) is 5.91 Å². The minimum Gasteiger partial charge on any atom is -0.331 e. The summed E-state index contributed by atoms with van der Waals surface area (Å²) in [5.41, 5.74) is 2.82. The highest BCUT2D eigenvalue weighted by Gasteiger charge is 2.36. The van der Waals surface area contributed by atoms with E-state index < -0.39 is 0 Å². The van der Waals surface area contributed by atoms with E-state index in [1.54, 1.807) is 10.9 Å². The predicted molar refractivity (Wildman–Crippen MR) is 98.0 cm³/mol. The summed E-state index contributed by atoms with van der Waals surface area (Å²) >= 11 is 0. The van der Waals surface area contributed by atoms with Crippen LogP contribution in [0.5, 0.6) is 0 Å². The van der Waals surface area contributed by atoms with Crippen molar-refractivity contribution >= 4 is 5.91 Å². The number of carbonyl (C=O) groups excluding carboxylic acids is 1. The Morgan fingerprint density at radius 3 is 2.73 bits per heavy atom. The summed E-state index contributed by atoms with van der Waals surface area (Å²) in [6.45, 7) is 2.25. The summed E-state index contributed by atoms with van der Waals surface area (Å²) < 4.78 is 1.62. The summed E-state index contributed by atoms with van der Waals surface area (Å²) in [6, 6.07) is 14.1. The number of benzene rings is 1. The Morgan fingerprint density at radius 1 is 1.23 bits per heavy atom. The maximum Gasteiger partial charge on any atom is 0.245 e. The van der Waals surface area contributed by atoms with Gasteiger partial charge in [0.1, 0.15) is 12.2 Å². The number of hydrogen-bond acceptors (Lipinski definition) is 4. The summed E-state index contributed by atoms with van der Waals surface area (Å²) in [5.74, 6) is 0.0633. The van der Waals surface area contributed by atoms with Crippen LogP contribution in [0.1, 0.15) is 31.4 Å². The van der Waals surface area contributed by atoms with Crippen LogP contribution in [0.3, 0.4) is 0 Å². The van der Waals surface area contributed by atoms with Gasteiger partial charge in [-0.1, -0.05) is 41.6 Å². The quantitative estimate of drug-likeness (QED) is 0.687. The highest BCUT2D eigenvalue weighted by molar-refractivity contribution is 5.77. The predicted octanol–water partition coefficient (Wildman–Crippen LogP) is 3.09. The van der Waals surface area contributed by atoms with Crippen LogP contribution in [0.4, 0.5) is 0 Å². The maximum atomic E-state index is 13.0. The molecule has 0 saturated heterocycles. The number of amides is 1. The highest BCUT2D eigenvalue weighted by Crippen LogP contribution is 2.34. The molecular weight excluding hydrogens is 326 g/mol. The van der Waals surface area contributed by atoms with E-state index in [9.17, 15) is 4.79 Å². The van der Waals surface area contributed by atoms with Crippen molar-refractivity contribution in [3.63, 3.8) is 0 Å². The van der Waals surface area contributed by atoms with E-state index in [1.165, 1.54) is 0 Å². The fourth-order valence-corrected chi connectivity index (χ4v) is 3.21. The number of pyridine rings is 1. The maximum absolute atomic E-state index is 13.0. The number of nitrogens with zero attached hydrogens (tertiary/aromatic N) is 5. The molecule has 6 nitrogen and oxygen atoms in total. The second-order valence-electron chi connectivity index (χ2n) is 6.66. The van der Waals surface area contributed by atoms with Gasteiger partial charge in [0.25, 0.3) is 0 Å². The molecule has 2 aromatic heterocycles. The van der Waals surface area contributed by atoms with Crippen molar-refractivity contribution in [3.8, 4) is 11.3 Å². The Labute approximate surface area is 152 Å². The zero-order valence-corrected chi connectivity index (χ0v) is 14.7. The second-order valence-corrected chi connectivity index (χ2v) is 6.66. The highest BCUT2D eigenvalue weighted by atomic mass is 16.2. The summed E-state index contributed by atoms with van der Waals surface area (Å²) in [7, 11) is 0. The second kappa shape index (κ2) is 7.07. The monoisotopic (exact) mass is 347 g/mol. The van der Waals surface area contributed by atoms with Gasteiger partial charge in [0, 0.05) is 24.0 Å². The number of hydrogen-bond donors (Lipinski definition) is 0. The molecule has 1 amide bonds. The minimum absolute atomic E-state index is 0.000755. The van der Waals surface area contributed by atoms with Crippen molar-refractivity contribution in [1.82, 2.24) is 24.9 Å². The summed E-state index contributed by atoms with van der Waals surface area (Å²) in [5, 5.41) is 8.33. The molecule has 1 atom stereocenters. The van der Waals surface area contributed by atoms with Gasteiger partial charge in [-0.3, -0.25) is 9.78 Å². The smallest absolute Gasteiger partial charge is 0.245 e. The van der Waals surface area contributed by atoms with Crippen molar-refractivity contribution in [1.29, 1.82) is 0 Å². The topological polar surface area (TPSA) is 63.9 Å². The third-order valence-electron chi connectivity index (χ3n) is 4.72. The Kier molecular flexibility index (Phi) is 4.48. The number of carbonyl (C=O) groups is 1. The van der Waals surface area contributed by atoms with Crippen LogP contribution in [-0.2, 0) is 11.3 Å². The Hall–Kier alpha value is -3.02.